The molecule has 1 N–H and O–H groups in total. The molecular formula is C6H3BrClN3. The molecule has 0 radical (unpaired) electrons. The van der Waals surface area contributed by atoms with Crippen LogP contribution in [0.2, 0.25) is 5.28 Å². The van der Waals surface area contributed by atoms with E-state index in [4.69, 9.17) is 11.6 Å². The number of aromatic amines is 1. The van der Waals surface area contributed by atoms with Gasteiger partial charge in [0.2, 0.25) is 5.28 Å². The first-order chi connectivity index (χ1) is 5.27. The van der Waals surface area contributed by atoms with Gasteiger partial charge in [-0.05, 0) is 27.5 Å². The van der Waals surface area contributed by atoms with Gasteiger partial charge < -0.3 is 4.98 Å². The van der Waals surface area contributed by atoms with Gasteiger partial charge in [0.05, 0.1) is 16.2 Å². The molecule has 11 heavy (non-hydrogen) atoms. The smallest absolute Gasteiger partial charge is 0.201 e. The SMILES string of the molecule is Clc1nc2c(Br)cncc2[nH]1. The second kappa shape index (κ2) is 2.46. The highest BCUT2D eigenvalue weighted by molar-refractivity contribution is 9.10. The summed E-state index contributed by atoms with van der Waals surface area (Å²) in [6.07, 6.45) is 3.36. The third kappa shape index (κ3) is 1.12. The summed E-state index contributed by atoms with van der Waals surface area (Å²) in [5, 5.41) is 0.383. The van der Waals surface area contributed by atoms with E-state index in [9.17, 15) is 0 Å². The van der Waals surface area contributed by atoms with Crippen LogP contribution in [0.5, 0.6) is 0 Å². The maximum Gasteiger partial charge on any atom is 0.201 e. The van der Waals surface area contributed by atoms with Crippen LogP contribution >= 0.6 is 27.5 Å². The maximum absolute atomic E-state index is 5.64. The van der Waals surface area contributed by atoms with Gasteiger partial charge in [0.25, 0.3) is 0 Å². The zero-order valence-corrected chi connectivity index (χ0v) is 7.65. The van der Waals surface area contributed by atoms with Gasteiger partial charge in [0, 0.05) is 6.20 Å². The number of pyridine rings is 1. The lowest BCUT2D eigenvalue weighted by molar-refractivity contribution is 1.32. The predicted octanol–water partition coefficient (Wildman–Crippen LogP) is 2.37. The van der Waals surface area contributed by atoms with E-state index < -0.39 is 0 Å². The van der Waals surface area contributed by atoms with E-state index in [0.717, 1.165) is 15.5 Å². The average molecular weight is 232 g/mol. The Hall–Kier alpha value is -0.610. The number of H-pyrrole nitrogens is 1. The number of aromatic nitrogens is 3. The number of nitrogens with zero attached hydrogens (tertiary/aromatic N) is 2. The largest absolute Gasteiger partial charge is 0.327 e. The molecule has 56 valence electrons. The first kappa shape index (κ1) is 7.06. The number of nitrogens with one attached hydrogen (secondary N) is 1. The van der Waals surface area contributed by atoms with Gasteiger partial charge in [-0.1, -0.05) is 0 Å². The normalized spacial score (nSPS) is 10.7. The molecule has 0 saturated carbocycles. The number of hydrogen-bond donors (Lipinski definition) is 1. The van der Waals surface area contributed by atoms with Gasteiger partial charge in [-0.2, -0.15) is 0 Å². The fourth-order valence-corrected chi connectivity index (χ4v) is 1.48. The lowest BCUT2D eigenvalue weighted by Crippen LogP contribution is -1.74. The highest BCUT2D eigenvalue weighted by Crippen LogP contribution is 2.21. The fourth-order valence-electron chi connectivity index (χ4n) is 0.871. The second-order valence-electron chi connectivity index (χ2n) is 2.05. The van der Waals surface area contributed by atoms with Crippen molar-refractivity contribution >= 4 is 38.6 Å². The third-order valence-electron chi connectivity index (χ3n) is 1.32. The van der Waals surface area contributed by atoms with Crippen molar-refractivity contribution in [2.45, 2.75) is 0 Å². The standard InChI is InChI=1S/C6H3BrClN3/c7-3-1-9-2-4-5(3)11-6(8)10-4/h1-2H,(H,10,11). The molecule has 2 rings (SSSR count). The molecule has 0 saturated heterocycles. The van der Waals surface area contributed by atoms with E-state index in [1.54, 1.807) is 12.4 Å². The molecule has 0 unspecified atom stereocenters. The highest BCUT2D eigenvalue weighted by atomic mass is 79.9. The first-order valence-electron chi connectivity index (χ1n) is 2.92. The molecule has 0 bridgehead atoms. The van der Waals surface area contributed by atoms with Crippen LogP contribution in [0.3, 0.4) is 0 Å². The Labute approximate surface area is 75.9 Å². The Kier molecular flexibility index (Phi) is 1.58. The van der Waals surface area contributed by atoms with Crippen molar-refractivity contribution in [1.82, 2.24) is 15.0 Å². The van der Waals surface area contributed by atoms with Gasteiger partial charge in [-0.3, -0.25) is 4.98 Å². The summed E-state index contributed by atoms with van der Waals surface area (Å²) in [4.78, 5) is 10.8. The van der Waals surface area contributed by atoms with Gasteiger partial charge >= 0.3 is 0 Å². The summed E-state index contributed by atoms with van der Waals surface area (Å²) in [5.41, 5.74) is 1.65. The third-order valence-corrected chi connectivity index (χ3v) is 2.08. The monoisotopic (exact) mass is 231 g/mol. The second-order valence-corrected chi connectivity index (χ2v) is 3.26. The van der Waals surface area contributed by atoms with Crippen molar-refractivity contribution in [1.29, 1.82) is 0 Å². The lowest BCUT2D eigenvalue weighted by Gasteiger charge is -1.87. The first-order valence-corrected chi connectivity index (χ1v) is 4.09. The summed E-state index contributed by atoms with van der Waals surface area (Å²) in [6.45, 7) is 0. The van der Waals surface area contributed by atoms with Crippen molar-refractivity contribution < 1.29 is 0 Å². The van der Waals surface area contributed by atoms with E-state index in [0.29, 0.717) is 5.28 Å². The Morgan fingerprint density at radius 1 is 1.45 bits per heavy atom. The highest BCUT2D eigenvalue weighted by Gasteiger charge is 2.02. The number of imidazole rings is 1. The van der Waals surface area contributed by atoms with Crippen LogP contribution in [0.4, 0.5) is 0 Å². The quantitative estimate of drug-likeness (QED) is 0.758. The van der Waals surface area contributed by atoms with E-state index in [-0.39, 0.29) is 0 Å². The summed E-state index contributed by atoms with van der Waals surface area (Å²) in [6, 6.07) is 0. The molecule has 0 fully saturated rings. The summed E-state index contributed by atoms with van der Waals surface area (Å²) in [5.74, 6) is 0. The van der Waals surface area contributed by atoms with Crippen molar-refractivity contribution in [2.75, 3.05) is 0 Å². The Balaban J connectivity index is 2.90. The minimum Gasteiger partial charge on any atom is -0.327 e. The van der Waals surface area contributed by atoms with Crippen molar-refractivity contribution in [3.05, 3.63) is 22.1 Å². The Morgan fingerprint density at radius 2 is 2.27 bits per heavy atom. The van der Waals surface area contributed by atoms with Crippen molar-refractivity contribution in [3.63, 3.8) is 0 Å². The van der Waals surface area contributed by atoms with Crippen LogP contribution in [-0.4, -0.2) is 15.0 Å². The van der Waals surface area contributed by atoms with Gasteiger partial charge in [0.15, 0.2) is 0 Å². The zero-order chi connectivity index (χ0) is 7.84. The van der Waals surface area contributed by atoms with Crippen molar-refractivity contribution in [2.24, 2.45) is 0 Å². The maximum atomic E-state index is 5.64. The topological polar surface area (TPSA) is 41.6 Å². The predicted molar refractivity (Wildman–Crippen MR) is 46.6 cm³/mol. The Bertz CT molecular complexity index is 398. The molecule has 0 atom stereocenters. The molecule has 0 aliphatic heterocycles. The number of fused-ring (bicyclic) bond motifs is 1. The van der Waals surface area contributed by atoms with Gasteiger partial charge in [-0.25, -0.2) is 4.98 Å². The number of hydrogen-bond acceptors (Lipinski definition) is 2. The zero-order valence-electron chi connectivity index (χ0n) is 5.31. The summed E-state index contributed by atoms with van der Waals surface area (Å²) >= 11 is 8.95. The fraction of sp³-hybridized carbons (Fsp3) is 0. The minimum absolute atomic E-state index is 0.383. The van der Waals surface area contributed by atoms with Gasteiger partial charge in [0.1, 0.15) is 5.52 Å². The molecule has 0 aromatic carbocycles. The molecule has 0 aliphatic rings. The summed E-state index contributed by atoms with van der Waals surface area (Å²) in [7, 11) is 0. The van der Waals surface area contributed by atoms with Crippen molar-refractivity contribution in [3.8, 4) is 0 Å². The van der Waals surface area contributed by atoms with Crippen LogP contribution in [0.15, 0.2) is 16.9 Å². The molecule has 3 nitrogen and oxygen atoms in total. The summed E-state index contributed by atoms with van der Waals surface area (Å²) < 4.78 is 0.846. The average Bonchev–Trinajstić information content (AvgIpc) is 2.31. The van der Waals surface area contributed by atoms with E-state index in [1.807, 2.05) is 0 Å². The molecule has 2 heterocycles. The molecular weight excluding hydrogens is 229 g/mol. The lowest BCUT2D eigenvalue weighted by atomic mass is 10.4. The van der Waals surface area contributed by atoms with Gasteiger partial charge in [-0.15, -0.1) is 0 Å². The minimum atomic E-state index is 0.383. The molecule has 2 aromatic rings. The molecule has 0 aliphatic carbocycles. The van der Waals surface area contributed by atoms with Crippen LogP contribution in [0.1, 0.15) is 0 Å². The molecule has 5 heteroatoms. The van der Waals surface area contributed by atoms with Crippen LogP contribution < -0.4 is 0 Å². The van der Waals surface area contributed by atoms with Crippen LogP contribution in [0.25, 0.3) is 11.0 Å². The van der Waals surface area contributed by atoms with Crippen LogP contribution in [0, 0.1) is 0 Å². The Morgan fingerprint density at radius 3 is 3.00 bits per heavy atom. The van der Waals surface area contributed by atoms with E-state index in [2.05, 4.69) is 30.9 Å². The molecule has 0 amide bonds. The number of rotatable bonds is 0. The van der Waals surface area contributed by atoms with E-state index >= 15 is 0 Å². The van der Waals surface area contributed by atoms with E-state index in [1.165, 1.54) is 0 Å². The molecule has 2 aromatic heterocycles. The van der Waals surface area contributed by atoms with Crippen LogP contribution in [-0.2, 0) is 0 Å². The molecule has 0 spiro atoms. The number of halogens is 2.